The lowest BCUT2D eigenvalue weighted by molar-refractivity contribution is 0.663. The van der Waals surface area contributed by atoms with Gasteiger partial charge in [-0.15, -0.1) is 0 Å². The molecule has 0 saturated carbocycles. The third-order valence-electron chi connectivity index (χ3n) is 12.2. The Labute approximate surface area is 322 Å². The maximum absolute atomic E-state index is 2.41. The molecule has 0 aliphatic heterocycles. The van der Waals surface area contributed by atoms with Crippen molar-refractivity contribution in [3.63, 3.8) is 0 Å². The topological polar surface area (TPSA) is 0 Å². The van der Waals surface area contributed by atoms with Crippen LogP contribution in [0.5, 0.6) is 0 Å². The summed E-state index contributed by atoms with van der Waals surface area (Å²) >= 11 is 0. The first-order valence-corrected chi connectivity index (χ1v) is 19.3. The average molecular weight is 699 g/mol. The summed E-state index contributed by atoms with van der Waals surface area (Å²) in [6.45, 7) is 4.78. The Balaban J connectivity index is 1.07. The zero-order valence-electron chi connectivity index (χ0n) is 31.0. The van der Waals surface area contributed by atoms with Crippen LogP contribution in [0.3, 0.4) is 0 Å². The summed E-state index contributed by atoms with van der Waals surface area (Å²) in [5.41, 5.74) is 15.5. The van der Waals surface area contributed by atoms with Gasteiger partial charge in [0.2, 0.25) is 0 Å². The van der Waals surface area contributed by atoms with E-state index < -0.39 is 0 Å². The largest absolute Gasteiger partial charge is 0.0616 e. The molecule has 0 amide bonds. The zero-order valence-corrected chi connectivity index (χ0v) is 31.0. The Morgan fingerprint density at radius 2 is 0.764 bits per heavy atom. The number of benzene rings is 10. The molecule has 1 aliphatic rings. The van der Waals surface area contributed by atoms with E-state index >= 15 is 0 Å². The van der Waals surface area contributed by atoms with Crippen molar-refractivity contribution in [2.45, 2.75) is 19.3 Å². The number of fused-ring (bicyclic) bond motifs is 7. The van der Waals surface area contributed by atoms with E-state index in [9.17, 15) is 0 Å². The second kappa shape index (κ2) is 12.1. The molecule has 0 heteroatoms. The summed E-state index contributed by atoms with van der Waals surface area (Å²) < 4.78 is 0. The van der Waals surface area contributed by atoms with E-state index in [4.69, 9.17) is 0 Å². The van der Waals surface area contributed by atoms with Crippen molar-refractivity contribution in [2.24, 2.45) is 0 Å². The summed E-state index contributed by atoms with van der Waals surface area (Å²) in [7, 11) is 0. The van der Waals surface area contributed by atoms with Crippen molar-refractivity contribution in [3.8, 4) is 55.6 Å². The van der Waals surface area contributed by atoms with Crippen LogP contribution in [0.25, 0.3) is 98.7 Å². The molecule has 0 atom stereocenters. The zero-order chi connectivity index (χ0) is 36.7. The Bertz CT molecular complexity index is 3100. The predicted molar refractivity (Wildman–Crippen MR) is 236 cm³/mol. The minimum atomic E-state index is -0.116. The van der Waals surface area contributed by atoms with Gasteiger partial charge in [0, 0.05) is 5.41 Å². The number of rotatable bonds is 4. The summed E-state index contributed by atoms with van der Waals surface area (Å²) in [6, 6.07) is 72.1. The Hall–Kier alpha value is -6.76. The van der Waals surface area contributed by atoms with Gasteiger partial charge in [0.15, 0.2) is 0 Å². The van der Waals surface area contributed by atoms with Gasteiger partial charge in [0.25, 0.3) is 0 Å². The monoisotopic (exact) mass is 698 g/mol. The Kier molecular flexibility index (Phi) is 7.00. The van der Waals surface area contributed by atoms with E-state index in [2.05, 4.69) is 208 Å². The normalized spacial score (nSPS) is 13.1. The van der Waals surface area contributed by atoms with Crippen LogP contribution in [-0.4, -0.2) is 0 Å². The van der Waals surface area contributed by atoms with Gasteiger partial charge in [0.05, 0.1) is 0 Å². The average Bonchev–Trinajstić information content (AvgIpc) is 3.47. The van der Waals surface area contributed by atoms with Crippen molar-refractivity contribution in [3.05, 3.63) is 205 Å². The summed E-state index contributed by atoms with van der Waals surface area (Å²) in [5.74, 6) is 0. The highest BCUT2D eigenvalue weighted by molar-refractivity contribution is 6.22. The molecular weight excluding hydrogens is 661 g/mol. The quantitative estimate of drug-likeness (QED) is 0.161. The van der Waals surface area contributed by atoms with Gasteiger partial charge in [-0.25, -0.2) is 0 Å². The van der Waals surface area contributed by atoms with Gasteiger partial charge in [-0.05, 0) is 128 Å². The second-order valence-corrected chi connectivity index (χ2v) is 15.6. The van der Waals surface area contributed by atoms with E-state index in [1.54, 1.807) is 0 Å². The van der Waals surface area contributed by atoms with E-state index in [0.717, 1.165) is 0 Å². The highest BCUT2D eigenvalue weighted by Crippen LogP contribution is 2.53. The van der Waals surface area contributed by atoms with Crippen LogP contribution in [0.1, 0.15) is 25.0 Å². The molecule has 0 nitrogen and oxygen atoms in total. The van der Waals surface area contributed by atoms with Crippen LogP contribution in [0.2, 0.25) is 0 Å². The third-order valence-corrected chi connectivity index (χ3v) is 12.2. The molecule has 0 bridgehead atoms. The molecule has 1 aliphatic carbocycles. The van der Waals surface area contributed by atoms with E-state index in [1.807, 2.05) is 0 Å². The molecule has 10 aromatic carbocycles. The Morgan fingerprint density at radius 3 is 1.44 bits per heavy atom. The molecule has 258 valence electrons. The van der Waals surface area contributed by atoms with Crippen molar-refractivity contribution >= 4 is 43.1 Å². The van der Waals surface area contributed by atoms with Crippen LogP contribution >= 0.6 is 0 Å². The van der Waals surface area contributed by atoms with Gasteiger partial charge in [-0.2, -0.15) is 0 Å². The fourth-order valence-corrected chi connectivity index (χ4v) is 9.66. The van der Waals surface area contributed by atoms with Crippen LogP contribution < -0.4 is 0 Å². The minimum absolute atomic E-state index is 0.116. The maximum atomic E-state index is 2.41. The van der Waals surface area contributed by atoms with Crippen molar-refractivity contribution in [1.82, 2.24) is 0 Å². The van der Waals surface area contributed by atoms with Gasteiger partial charge < -0.3 is 0 Å². The van der Waals surface area contributed by atoms with Gasteiger partial charge in [0.1, 0.15) is 0 Å². The number of hydrogen-bond acceptors (Lipinski definition) is 0. The first kappa shape index (κ1) is 31.7. The van der Waals surface area contributed by atoms with E-state index in [1.165, 1.54) is 110 Å². The smallest absolute Gasteiger partial charge is 0.0165 e. The lowest BCUT2D eigenvalue weighted by Gasteiger charge is -2.25. The molecule has 0 spiro atoms. The lowest BCUT2D eigenvalue weighted by Crippen LogP contribution is -2.16. The van der Waals surface area contributed by atoms with Gasteiger partial charge >= 0.3 is 0 Å². The molecule has 55 heavy (non-hydrogen) atoms. The van der Waals surface area contributed by atoms with Crippen LogP contribution in [0, 0.1) is 0 Å². The molecule has 10 aromatic rings. The van der Waals surface area contributed by atoms with Gasteiger partial charge in [-0.1, -0.05) is 190 Å². The van der Waals surface area contributed by atoms with E-state index in [-0.39, 0.29) is 5.41 Å². The van der Waals surface area contributed by atoms with Crippen LogP contribution in [-0.2, 0) is 5.41 Å². The lowest BCUT2D eigenvalue weighted by atomic mass is 9.78. The molecule has 0 fully saturated rings. The van der Waals surface area contributed by atoms with Crippen LogP contribution in [0.15, 0.2) is 194 Å². The molecule has 0 aromatic heterocycles. The first-order chi connectivity index (χ1) is 27.0. The molecule has 0 N–H and O–H groups in total. The molecule has 0 saturated heterocycles. The highest BCUT2D eigenvalue weighted by atomic mass is 14.4. The second-order valence-electron chi connectivity index (χ2n) is 15.6. The molecular formula is C55H38. The minimum Gasteiger partial charge on any atom is -0.0616 e. The highest BCUT2D eigenvalue weighted by Gasteiger charge is 2.37. The molecule has 0 heterocycles. The van der Waals surface area contributed by atoms with Crippen molar-refractivity contribution < 1.29 is 0 Å². The SMILES string of the molecule is CC1(C)c2cc3ccccc3cc2-c2cccc(-c3ccc(-c4c5ccccc5c(-c5ccccc5-c5ccc6ccccc6c5)c5ccccc45)cc3)c21. The molecule has 11 rings (SSSR count). The van der Waals surface area contributed by atoms with Gasteiger partial charge in [-0.3, -0.25) is 0 Å². The standard InChI is InChI=1S/C55H38/c1-55(2)51-34-40-17-6-5-16-39(40)33-50(51)49-25-13-24-43(54(49)55)36-27-29-37(30-28-36)52-45-20-9-11-22-47(45)53(48-23-12-10-21-46(48)52)44-19-8-7-18-42(44)41-31-26-35-14-3-4-15-38(35)32-41/h3-34H,1-2H3. The number of hydrogen-bond donors (Lipinski definition) is 0. The summed E-state index contributed by atoms with van der Waals surface area (Å²) in [4.78, 5) is 0. The summed E-state index contributed by atoms with van der Waals surface area (Å²) in [6.07, 6.45) is 0. The fraction of sp³-hybridized carbons (Fsp3) is 0.0545. The maximum Gasteiger partial charge on any atom is 0.0165 e. The van der Waals surface area contributed by atoms with Crippen LogP contribution in [0.4, 0.5) is 0 Å². The van der Waals surface area contributed by atoms with E-state index in [0.29, 0.717) is 0 Å². The fourth-order valence-electron chi connectivity index (χ4n) is 9.66. The summed E-state index contributed by atoms with van der Waals surface area (Å²) in [5, 5.41) is 10.2. The molecule has 0 unspecified atom stereocenters. The Morgan fingerprint density at radius 1 is 0.291 bits per heavy atom. The first-order valence-electron chi connectivity index (χ1n) is 19.3. The molecule has 0 radical (unpaired) electrons. The van der Waals surface area contributed by atoms with Crippen molar-refractivity contribution in [2.75, 3.05) is 0 Å². The third kappa shape index (κ3) is 4.85. The predicted octanol–water partition coefficient (Wildman–Crippen LogP) is 15.3. The van der Waals surface area contributed by atoms with Crippen molar-refractivity contribution in [1.29, 1.82) is 0 Å².